The Morgan fingerprint density at radius 3 is 2.94 bits per heavy atom. The monoisotopic (exact) mass is 496 g/mol. The van der Waals surface area contributed by atoms with Gasteiger partial charge >= 0.3 is 6.03 Å². The number of rotatable bonds is 6. The summed E-state index contributed by atoms with van der Waals surface area (Å²) in [5.74, 6) is 0.949. The lowest BCUT2D eigenvalue weighted by Gasteiger charge is -2.40. The third-order valence-corrected chi connectivity index (χ3v) is 6.99. The number of fused-ring (bicyclic) bond motifs is 3. The average molecular weight is 497 g/mol. The van der Waals surface area contributed by atoms with Crippen LogP contribution in [0.3, 0.4) is 0 Å². The minimum Gasteiger partial charge on any atom is -0.491 e. The van der Waals surface area contributed by atoms with Crippen LogP contribution in [-0.2, 0) is 14.3 Å². The highest BCUT2D eigenvalue weighted by Crippen LogP contribution is 2.34. The zero-order valence-corrected chi connectivity index (χ0v) is 20.5. The molecule has 4 aliphatic heterocycles. The maximum Gasteiger partial charge on any atom is 0.328 e. The lowest BCUT2D eigenvalue weighted by molar-refractivity contribution is -0.141. The van der Waals surface area contributed by atoms with Gasteiger partial charge in [0.05, 0.1) is 18.3 Å². The second kappa shape index (κ2) is 8.97. The number of hydrogen-bond acceptors (Lipinski definition) is 8. The smallest absolute Gasteiger partial charge is 0.328 e. The standard InChI is InChI=1S/C25H32N6O5/c1-25(2)35-14-18(36-25)13-34-17-7-9-26-21(11-17)29-24(33)31-16-8-10-30(12-16)20-6-5-19(28-22(20)31)23(32)27-15-3-4-15/h5-7,9,11,15-16,18-19,28H,3-4,8,10,12-14H2,1-2H3,(H,27,32)(H,26,29,33)/t16-,18+,19?/m0/s1. The molecule has 2 saturated heterocycles. The summed E-state index contributed by atoms with van der Waals surface area (Å²) in [6.07, 6.45) is 8.16. The number of anilines is 1. The number of nitrogens with zero attached hydrogens (tertiary/aromatic N) is 3. The van der Waals surface area contributed by atoms with Crippen molar-refractivity contribution in [3.05, 3.63) is 42.0 Å². The molecule has 2 bridgehead atoms. The predicted octanol–water partition coefficient (Wildman–Crippen LogP) is 1.51. The van der Waals surface area contributed by atoms with Crippen LogP contribution in [-0.4, -0.2) is 83.0 Å². The first-order chi connectivity index (χ1) is 17.3. The Morgan fingerprint density at radius 1 is 1.31 bits per heavy atom. The predicted molar refractivity (Wildman–Crippen MR) is 130 cm³/mol. The summed E-state index contributed by atoms with van der Waals surface area (Å²) in [5, 5.41) is 9.26. The summed E-state index contributed by atoms with van der Waals surface area (Å²) in [6.45, 7) is 6.17. The first kappa shape index (κ1) is 23.1. The number of allylic oxidation sites excluding steroid dienone is 1. The molecular weight excluding hydrogens is 464 g/mol. The summed E-state index contributed by atoms with van der Waals surface area (Å²) in [6, 6.07) is 2.91. The Balaban J connectivity index is 1.13. The van der Waals surface area contributed by atoms with Crippen LogP contribution in [0.5, 0.6) is 5.75 Å². The molecule has 6 rings (SSSR count). The molecule has 3 atom stereocenters. The zero-order valence-electron chi connectivity index (χ0n) is 20.5. The van der Waals surface area contributed by atoms with Crippen molar-refractivity contribution in [3.63, 3.8) is 0 Å². The number of hydrogen-bond donors (Lipinski definition) is 3. The summed E-state index contributed by atoms with van der Waals surface area (Å²) in [7, 11) is 0. The summed E-state index contributed by atoms with van der Waals surface area (Å²) >= 11 is 0. The lowest BCUT2D eigenvalue weighted by atomic mass is 10.1. The van der Waals surface area contributed by atoms with E-state index in [9.17, 15) is 9.59 Å². The number of urea groups is 1. The van der Waals surface area contributed by atoms with Crippen molar-refractivity contribution in [2.75, 3.05) is 31.6 Å². The van der Waals surface area contributed by atoms with E-state index in [2.05, 4.69) is 25.8 Å². The van der Waals surface area contributed by atoms with Gasteiger partial charge in [-0.05, 0) is 45.3 Å². The third-order valence-electron chi connectivity index (χ3n) is 6.99. The number of dihydropyridines is 1. The van der Waals surface area contributed by atoms with Crippen molar-refractivity contribution in [2.45, 2.75) is 63.1 Å². The molecule has 0 spiro atoms. The fourth-order valence-electron chi connectivity index (χ4n) is 5.05. The van der Waals surface area contributed by atoms with Gasteiger partial charge in [-0.3, -0.25) is 15.0 Å². The SMILES string of the molecule is CC1(C)OC[C@@H](COc2ccnc(NC(=O)N3C4=C(C=CC(C(=O)NC5CC5)N4)N4CC[C@H]3C4)c2)O1. The third kappa shape index (κ3) is 4.72. The molecule has 11 nitrogen and oxygen atoms in total. The van der Waals surface area contributed by atoms with Crippen LogP contribution in [0.4, 0.5) is 10.6 Å². The van der Waals surface area contributed by atoms with E-state index in [0.717, 1.165) is 38.0 Å². The Bertz CT molecular complexity index is 1120. The van der Waals surface area contributed by atoms with Crippen molar-refractivity contribution < 1.29 is 23.8 Å². The van der Waals surface area contributed by atoms with Crippen LogP contribution in [0.15, 0.2) is 42.0 Å². The molecule has 3 amide bonds. The van der Waals surface area contributed by atoms with Crippen LogP contribution >= 0.6 is 0 Å². The normalized spacial score (nSPS) is 28.0. The quantitative estimate of drug-likeness (QED) is 0.543. The maximum absolute atomic E-state index is 13.5. The Labute approximate surface area is 209 Å². The summed E-state index contributed by atoms with van der Waals surface area (Å²) in [4.78, 5) is 34.5. The second-order valence-electron chi connectivity index (χ2n) is 10.3. The number of pyridine rings is 1. The molecule has 0 radical (unpaired) electrons. The van der Waals surface area contributed by atoms with Crippen molar-refractivity contribution in [1.29, 1.82) is 0 Å². The van der Waals surface area contributed by atoms with E-state index in [1.54, 1.807) is 23.2 Å². The molecule has 3 fully saturated rings. The summed E-state index contributed by atoms with van der Waals surface area (Å²) in [5.41, 5.74) is 0.932. The molecule has 5 aliphatic rings. The average Bonchev–Trinajstić information content (AvgIpc) is 3.46. The Kier molecular flexibility index (Phi) is 5.76. The van der Waals surface area contributed by atoms with Gasteiger partial charge in [0.1, 0.15) is 36.1 Å². The van der Waals surface area contributed by atoms with Crippen molar-refractivity contribution in [1.82, 2.24) is 25.4 Å². The van der Waals surface area contributed by atoms with Gasteiger partial charge in [-0.1, -0.05) is 6.08 Å². The first-order valence-corrected chi connectivity index (χ1v) is 12.6. The van der Waals surface area contributed by atoms with E-state index < -0.39 is 11.8 Å². The highest BCUT2D eigenvalue weighted by Gasteiger charge is 2.43. The van der Waals surface area contributed by atoms with Crippen molar-refractivity contribution in [2.24, 2.45) is 0 Å². The van der Waals surface area contributed by atoms with Crippen LogP contribution in [0.25, 0.3) is 0 Å². The number of ether oxygens (including phenoxy) is 3. The molecule has 0 aromatic carbocycles. The minimum absolute atomic E-state index is 0.0113. The number of amides is 3. The topological polar surface area (TPSA) is 117 Å². The molecule has 1 saturated carbocycles. The van der Waals surface area contributed by atoms with Gasteiger partial charge in [0.2, 0.25) is 5.91 Å². The molecule has 5 heterocycles. The molecule has 3 N–H and O–H groups in total. The maximum atomic E-state index is 13.5. The van der Waals surface area contributed by atoms with Crippen LogP contribution in [0.2, 0.25) is 0 Å². The molecular formula is C25H32N6O5. The van der Waals surface area contributed by atoms with Gasteiger partial charge in [0.15, 0.2) is 5.79 Å². The molecule has 11 heteroatoms. The minimum atomic E-state index is -0.608. The van der Waals surface area contributed by atoms with Crippen LogP contribution in [0.1, 0.15) is 33.1 Å². The van der Waals surface area contributed by atoms with E-state index in [4.69, 9.17) is 14.2 Å². The molecule has 1 aromatic rings. The highest BCUT2D eigenvalue weighted by molar-refractivity contribution is 5.91. The van der Waals surface area contributed by atoms with E-state index >= 15 is 0 Å². The first-order valence-electron chi connectivity index (χ1n) is 12.6. The van der Waals surface area contributed by atoms with Crippen LogP contribution < -0.4 is 20.7 Å². The van der Waals surface area contributed by atoms with E-state index in [1.807, 2.05) is 26.0 Å². The molecule has 192 valence electrons. The van der Waals surface area contributed by atoms with Gasteiger partial charge in [0.25, 0.3) is 0 Å². The number of carbonyl (C=O) groups is 2. The zero-order chi connectivity index (χ0) is 24.9. The Hall–Kier alpha value is -3.31. The number of nitrogens with one attached hydrogen (secondary N) is 3. The fourth-order valence-corrected chi connectivity index (χ4v) is 5.05. The second-order valence-corrected chi connectivity index (χ2v) is 10.3. The van der Waals surface area contributed by atoms with Gasteiger partial charge in [0, 0.05) is 31.4 Å². The van der Waals surface area contributed by atoms with E-state index in [1.165, 1.54) is 0 Å². The van der Waals surface area contributed by atoms with Crippen LogP contribution in [0, 0.1) is 0 Å². The van der Waals surface area contributed by atoms with E-state index in [-0.39, 0.29) is 30.1 Å². The van der Waals surface area contributed by atoms with E-state index in [0.29, 0.717) is 30.6 Å². The van der Waals surface area contributed by atoms with Crippen molar-refractivity contribution in [3.8, 4) is 5.75 Å². The highest BCUT2D eigenvalue weighted by atomic mass is 16.7. The van der Waals surface area contributed by atoms with Gasteiger partial charge in [-0.25, -0.2) is 9.78 Å². The largest absolute Gasteiger partial charge is 0.491 e. The molecule has 36 heavy (non-hydrogen) atoms. The number of aromatic nitrogens is 1. The number of carbonyl (C=O) groups excluding carboxylic acids is 2. The van der Waals surface area contributed by atoms with Gasteiger partial charge in [-0.15, -0.1) is 0 Å². The van der Waals surface area contributed by atoms with Crippen molar-refractivity contribution >= 4 is 17.8 Å². The molecule has 1 aliphatic carbocycles. The summed E-state index contributed by atoms with van der Waals surface area (Å²) < 4.78 is 17.2. The molecule has 1 unspecified atom stereocenters. The lowest BCUT2D eigenvalue weighted by Crippen LogP contribution is -2.56. The van der Waals surface area contributed by atoms with Gasteiger partial charge < -0.3 is 29.7 Å². The molecule has 1 aromatic heterocycles. The Morgan fingerprint density at radius 2 is 2.17 bits per heavy atom. The van der Waals surface area contributed by atoms with Gasteiger partial charge in [-0.2, -0.15) is 0 Å². The fraction of sp³-hybridized carbons (Fsp3) is 0.560.